The number of ether oxygens (including phenoxy) is 1. The Hall–Kier alpha value is -0.422. The van der Waals surface area contributed by atoms with Gasteiger partial charge in [-0.05, 0) is 66.3 Å². The fourth-order valence-electron chi connectivity index (χ4n) is 2.75. The predicted molar refractivity (Wildman–Crippen MR) is 134 cm³/mol. The topological polar surface area (TPSA) is 39.2 Å². The van der Waals surface area contributed by atoms with Crippen molar-refractivity contribution in [3.05, 3.63) is 58.9 Å². The number of nitrogens with zero attached hydrogens (tertiary/aromatic N) is 1. The fourth-order valence-corrected chi connectivity index (χ4v) is 4.24. The van der Waals surface area contributed by atoms with Gasteiger partial charge in [0.15, 0.2) is 0 Å². The number of hydrogen-bond donors (Lipinski definition) is 0. The molecule has 2 heterocycles. The molecule has 30 heavy (non-hydrogen) atoms. The number of benzene rings is 1. The molecule has 0 unspecified atom stereocenters. The van der Waals surface area contributed by atoms with Crippen LogP contribution in [0, 0.1) is 11.8 Å². The number of esters is 1. The monoisotopic (exact) mass is 579 g/mol. The van der Waals surface area contributed by atoms with E-state index < -0.39 is 0 Å². The third-order valence-electron chi connectivity index (χ3n) is 4.30. The molecule has 0 fully saturated rings. The Balaban J connectivity index is 0.00000159. The van der Waals surface area contributed by atoms with E-state index in [4.69, 9.17) is 4.74 Å². The first kappa shape index (κ1) is 29.6. The molecule has 0 spiro atoms. The summed E-state index contributed by atoms with van der Waals surface area (Å²) in [6, 6.07) is 9.87. The fraction of sp³-hybridized carbons (Fsp3) is 0.333. The zero-order chi connectivity index (χ0) is 20.6. The maximum atomic E-state index is 11.6. The van der Waals surface area contributed by atoms with Crippen LogP contribution in [-0.4, -0.2) is 23.3 Å². The minimum absolute atomic E-state index is 0. The van der Waals surface area contributed by atoms with Crippen molar-refractivity contribution >= 4 is 64.4 Å². The standard InChI is InChI=1S/C21H21NO2S.Mo.2H2S.2S/c1-4-24-20(23)16-7-9-17(22-14-16)8-5-15-6-10-19-18(13-15)21(2,3)11-12-25-19;;;;;/h6-7,9-10,13-14H,4,11-12H2,1-3H3;;2*1H2;;/q;+2;;;;/p-2. The van der Waals surface area contributed by atoms with E-state index in [2.05, 4.69) is 68.5 Å². The molecule has 0 bridgehead atoms. The molecular formula is C21H23MoNO2S5. The van der Waals surface area contributed by atoms with Crippen LogP contribution in [0.4, 0.5) is 0 Å². The molecule has 1 aliphatic rings. The molecule has 0 saturated heterocycles. The number of fused-ring (bicyclic) bond motifs is 1. The van der Waals surface area contributed by atoms with Gasteiger partial charge in [-0.15, -0.1) is 11.8 Å². The van der Waals surface area contributed by atoms with Gasteiger partial charge in [0.05, 0.1) is 12.2 Å². The van der Waals surface area contributed by atoms with Crippen LogP contribution in [0.1, 0.15) is 54.4 Å². The Morgan fingerprint density at radius 2 is 1.93 bits per heavy atom. The second-order valence-electron chi connectivity index (χ2n) is 6.66. The van der Waals surface area contributed by atoms with Gasteiger partial charge < -0.3 is 31.7 Å². The van der Waals surface area contributed by atoms with Gasteiger partial charge >= 0.3 is 40.5 Å². The van der Waals surface area contributed by atoms with Gasteiger partial charge in [0.25, 0.3) is 0 Å². The number of pyridine rings is 1. The van der Waals surface area contributed by atoms with Crippen molar-refractivity contribution in [3.63, 3.8) is 0 Å². The van der Waals surface area contributed by atoms with Crippen molar-refractivity contribution in [3.8, 4) is 11.8 Å². The van der Waals surface area contributed by atoms with E-state index in [9.17, 15) is 4.79 Å². The number of carbonyl (C=O) groups is 1. The van der Waals surface area contributed by atoms with Crippen molar-refractivity contribution < 1.29 is 24.5 Å². The molecule has 3 nitrogen and oxygen atoms in total. The van der Waals surface area contributed by atoms with E-state index in [-0.39, 0.29) is 53.3 Å². The summed E-state index contributed by atoms with van der Waals surface area (Å²) < 4.78 is 4.95. The first-order valence-electron chi connectivity index (χ1n) is 8.75. The van der Waals surface area contributed by atoms with Gasteiger partial charge in [0, 0.05) is 16.7 Å². The zero-order valence-corrected chi connectivity index (χ0v) is 23.1. The van der Waals surface area contributed by atoms with Crippen LogP contribution < -0.4 is 0 Å². The molecule has 0 N–H and O–H groups in total. The summed E-state index contributed by atoms with van der Waals surface area (Å²) in [7, 11) is 8.68. The molecule has 1 aliphatic heterocycles. The average molecular weight is 578 g/mol. The first-order chi connectivity index (χ1) is 13.4. The van der Waals surface area contributed by atoms with E-state index in [0.717, 1.165) is 5.56 Å². The molecule has 9 heteroatoms. The Labute approximate surface area is 212 Å². The molecular weight excluding hydrogens is 555 g/mol. The van der Waals surface area contributed by atoms with Gasteiger partial charge in [-0.2, -0.15) is 0 Å². The van der Waals surface area contributed by atoms with Gasteiger partial charge in [0.1, 0.15) is 5.69 Å². The van der Waals surface area contributed by atoms with E-state index in [1.165, 1.54) is 28.8 Å². The average Bonchev–Trinajstić information content (AvgIpc) is 2.68. The molecule has 0 saturated carbocycles. The third-order valence-corrected chi connectivity index (χ3v) is 5.38. The van der Waals surface area contributed by atoms with E-state index in [1.807, 2.05) is 11.8 Å². The summed E-state index contributed by atoms with van der Waals surface area (Å²) in [5, 5.41) is 0. The van der Waals surface area contributed by atoms with Crippen LogP contribution in [0.5, 0.6) is 0 Å². The molecule has 1 aromatic carbocycles. The molecule has 0 amide bonds. The maximum absolute atomic E-state index is 11.6. The number of rotatable bonds is 2. The molecule has 0 radical (unpaired) electrons. The number of thiol groups is 2. The van der Waals surface area contributed by atoms with Gasteiger partial charge in [-0.3, -0.25) is 0 Å². The van der Waals surface area contributed by atoms with Gasteiger partial charge in [-0.1, -0.05) is 19.8 Å². The summed E-state index contributed by atoms with van der Waals surface area (Å²) in [5.74, 6) is 7.07. The minimum atomic E-state index is -0.363. The van der Waals surface area contributed by atoms with E-state index in [1.54, 1.807) is 19.1 Å². The van der Waals surface area contributed by atoms with Crippen molar-refractivity contribution in [1.82, 2.24) is 4.98 Å². The van der Waals surface area contributed by atoms with Crippen molar-refractivity contribution in [1.29, 1.82) is 0 Å². The van der Waals surface area contributed by atoms with Crippen molar-refractivity contribution in [2.45, 2.75) is 37.5 Å². The van der Waals surface area contributed by atoms with Crippen molar-refractivity contribution in [2.75, 3.05) is 12.4 Å². The number of carbonyl (C=O) groups excluding carboxylic acids is 1. The van der Waals surface area contributed by atoms with Crippen LogP contribution >= 0.6 is 31.4 Å². The van der Waals surface area contributed by atoms with E-state index >= 15 is 0 Å². The summed E-state index contributed by atoms with van der Waals surface area (Å²) >= 11 is 1.55. The third kappa shape index (κ3) is 8.61. The van der Waals surface area contributed by atoms with Crippen LogP contribution in [-0.2, 0) is 52.1 Å². The SMILES string of the molecule is CCOC(=O)c1ccc(C#Cc2ccc3c(c2)C(C)(C)CCS3)nc1.[SH-].[SH-].[S]=[Mo+2]=[S]. The van der Waals surface area contributed by atoms with Crippen LogP contribution in [0.25, 0.3) is 0 Å². The molecule has 160 valence electrons. The van der Waals surface area contributed by atoms with E-state index in [0.29, 0.717) is 17.9 Å². The summed E-state index contributed by atoms with van der Waals surface area (Å²) in [5.41, 5.74) is 3.64. The Kier molecular flexibility index (Phi) is 14.4. The second kappa shape index (κ2) is 14.6. The summed E-state index contributed by atoms with van der Waals surface area (Å²) in [4.78, 5) is 17.2. The second-order valence-corrected chi connectivity index (χ2v) is 11.4. The Bertz CT molecular complexity index is 946. The molecule has 3 rings (SSSR count). The zero-order valence-electron chi connectivity index (χ0n) is 16.9. The van der Waals surface area contributed by atoms with Crippen LogP contribution in [0.2, 0.25) is 0 Å². The Morgan fingerprint density at radius 3 is 2.53 bits per heavy atom. The predicted octanol–water partition coefficient (Wildman–Crippen LogP) is 5.19. The summed E-state index contributed by atoms with van der Waals surface area (Å²) in [6.07, 6.45) is 2.69. The number of aromatic nitrogens is 1. The van der Waals surface area contributed by atoms with Gasteiger partial charge in [0.2, 0.25) is 0 Å². The van der Waals surface area contributed by atoms with Crippen LogP contribution in [0.15, 0.2) is 41.4 Å². The molecule has 0 atom stereocenters. The van der Waals surface area contributed by atoms with Crippen molar-refractivity contribution in [2.24, 2.45) is 0 Å². The number of hydrogen-bond acceptors (Lipinski definition) is 8. The molecule has 1 aromatic heterocycles. The Morgan fingerprint density at radius 1 is 1.23 bits per heavy atom. The number of thioether (sulfide) groups is 1. The van der Waals surface area contributed by atoms with Crippen LogP contribution in [0.3, 0.4) is 0 Å². The summed E-state index contributed by atoms with van der Waals surface area (Å²) in [6.45, 7) is 6.72. The molecule has 2 aromatic rings. The normalized spacial score (nSPS) is 12.6. The molecule has 0 aliphatic carbocycles. The quantitative estimate of drug-likeness (QED) is 0.159. The first-order valence-corrected chi connectivity index (χ1v) is 15.3. The van der Waals surface area contributed by atoms with Gasteiger partial charge in [-0.25, -0.2) is 9.78 Å².